The van der Waals surface area contributed by atoms with Crippen LogP contribution in [0.15, 0.2) is 24.3 Å². The molecule has 0 saturated carbocycles. The molecule has 23 heavy (non-hydrogen) atoms. The topological polar surface area (TPSA) is 66.7 Å². The highest BCUT2D eigenvalue weighted by molar-refractivity contribution is 8.22. The molecule has 0 spiro atoms. The van der Waals surface area contributed by atoms with Crippen molar-refractivity contribution in [3.05, 3.63) is 39.9 Å². The first-order valence-electron chi connectivity index (χ1n) is 7.36. The number of hydrogen-bond donors (Lipinski definition) is 0. The summed E-state index contributed by atoms with van der Waals surface area (Å²) in [5.74, 6) is 0.321. The van der Waals surface area contributed by atoms with Crippen molar-refractivity contribution >= 4 is 39.8 Å². The van der Waals surface area contributed by atoms with Gasteiger partial charge in [-0.3, -0.25) is 14.9 Å². The SMILES string of the molecule is CN1CCN(C(=S)SCCC(=O)c2ccccc2[N+](=O)[O-])CC1. The summed E-state index contributed by atoms with van der Waals surface area (Å²) in [5, 5.41) is 11.0. The monoisotopic (exact) mass is 353 g/mol. The van der Waals surface area contributed by atoms with Crippen LogP contribution in [-0.2, 0) is 0 Å². The summed E-state index contributed by atoms with van der Waals surface area (Å²) in [6.07, 6.45) is 0.239. The van der Waals surface area contributed by atoms with E-state index in [-0.39, 0.29) is 23.5 Å². The normalized spacial score (nSPS) is 15.4. The average molecular weight is 353 g/mol. The van der Waals surface area contributed by atoms with E-state index in [0.29, 0.717) is 5.75 Å². The molecule has 0 N–H and O–H groups in total. The molecule has 0 aromatic heterocycles. The standard InChI is InChI=1S/C15H19N3O3S2/c1-16-7-9-17(10-8-16)15(22)23-11-6-14(19)12-4-2-3-5-13(12)18(20)21/h2-5H,6-11H2,1H3. The van der Waals surface area contributed by atoms with Crippen molar-refractivity contribution in [2.24, 2.45) is 0 Å². The van der Waals surface area contributed by atoms with Gasteiger partial charge in [0.25, 0.3) is 5.69 Å². The van der Waals surface area contributed by atoms with E-state index < -0.39 is 4.92 Å². The lowest BCUT2D eigenvalue weighted by atomic mass is 10.1. The molecule has 8 heteroatoms. The second-order valence-corrected chi connectivity index (χ2v) is 7.08. The number of hydrogen-bond acceptors (Lipinski definition) is 6. The smallest absolute Gasteiger partial charge is 0.280 e. The number of nitrogens with zero attached hydrogens (tertiary/aromatic N) is 3. The van der Waals surface area contributed by atoms with Crippen LogP contribution in [-0.4, -0.2) is 63.8 Å². The van der Waals surface area contributed by atoms with Crippen molar-refractivity contribution in [3.8, 4) is 0 Å². The zero-order valence-corrected chi connectivity index (χ0v) is 14.6. The Bertz CT molecular complexity index is 601. The highest BCUT2D eigenvalue weighted by Gasteiger charge is 2.20. The van der Waals surface area contributed by atoms with Crippen LogP contribution in [0.3, 0.4) is 0 Å². The summed E-state index contributed by atoms with van der Waals surface area (Å²) in [4.78, 5) is 27.0. The number of nitro benzene ring substituents is 1. The number of carbonyl (C=O) groups excluding carboxylic acids is 1. The Balaban J connectivity index is 1.83. The van der Waals surface area contributed by atoms with Gasteiger partial charge in [0, 0.05) is 44.4 Å². The van der Waals surface area contributed by atoms with Crippen molar-refractivity contribution in [2.75, 3.05) is 39.0 Å². The molecule has 124 valence electrons. The zero-order valence-electron chi connectivity index (χ0n) is 12.9. The van der Waals surface area contributed by atoms with E-state index in [2.05, 4.69) is 16.8 Å². The number of rotatable bonds is 5. The van der Waals surface area contributed by atoms with Gasteiger partial charge in [0.15, 0.2) is 5.78 Å². The third-order valence-corrected chi connectivity index (χ3v) is 5.24. The number of nitro groups is 1. The van der Waals surface area contributed by atoms with E-state index in [0.717, 1.165) is 30.5 Å². The van der Waals surface area contributed by atoms with Crippen LogP contribution in [0.25, 0.3) is 0 Å². The first-order chi connectivity index (χ1) is 11.0. The van der Waals surface area contributed by atoms with Crippen molar-refractivity contribution in [2.45, 2.75) is 6.42 Å². The van der Waals surface area contributed by atoms with Crippen molar-refractivity contribution < 1.29 is 9.72 Å². The van der Waals surface area contributed by atoms with E-state index in [1.54, 1.807) is 12.1 Å². The maximum Gasteiger partial charge on any atom is 0.280 e. The molecule has 0 radical (unpaired) electrons. The summed E-state index contributed by atoms with van der Waals surface area (Å²) >= 11 is 6.87. The number of Topliss-reactive ketones (excluding diaryl/α,β-unsaturated/α-hetero) is 1. The fraction of sp³-hybridized carbons (Fsp3) is 0.467. The number of benzene rings is 1. The third-order valence-electron chi connectivity index (χ3n) is 3.72. The van der Waals surface area contributed by atoms with Crippen molar-refractivity contribution in [1.82, 2.24) is 9.80 Å². The molecule has 0 atom stereocenters. The van der Waals surface area contributed by atoms with E-state index in [9.17, 15) is 14.9 Å². The maximum absolute atomic E-state index is 12.2. The molecular formula is C15H19N3O3S2. The van der Waals surface area contributed by atoms with Crippen LogP contribution in [0.1, 0.15) is 16.8 Å². The number of para-hydroxylation sites is 1. The van der Waals surface area contributed by atoms with Crippen molar-refractivity contribution in [3.63, 3.8) is 0 Å². The Morgan fingerprint density at radius 1 is 1.30 bits per heavy atom. The molecule has 0 unspecified atom stereocenters. The van der Waals surface area contributed by atoms with Gasteiger partial charge in [0.05, 0.1) is 10.5 Å². The van der Waals surface area contributed by atoms with Gasteiger partial charge in [-0.1, -0.05) is 36.1 Å². The van der Waals surface area contributed by atoms with Gasteiger partial charge >= 0.3 is 0 Å². The molecule has 1 heterocycles. The van der Waals surface area contributed by atoms with Crippen LogP contribution in [0, 0.1) is 10.1 Å². The average Bonchev–Trinajstić information content (AvgIpc) is 2.55. The molecule has 1 aromatic carbocycles. The number of carbonyl (C=O) groups is 1. The van der Waals surface area contributed by atoms with E-state index in [1.165, 1.54) is 23.9 Å². The molecule has 1 aliphatic rings. The van der Waals surface area contributed by atoms with Crippen LogP contribution < -0.4 is 0 Å². The Morgan fingerprint density at radius 2 is 1.96 bits per heavy atom. The van der Waals surface area contributed by atoms with Gasteiger partial charge in [0.1, 0.15) is 4.32 Å². The minimum Gasteiger partial charge on any atom is -0.355 e. The fourth-order valence-electron chi connectivity index (χ4n) is 2.31. The van der Waals surface area contributed by atoms with Crippen molar-refractivity contribution in [1.29, 1.82) is 0 Å². The molecular weight excluding hydrogens is 334 g/mol. The number of ketones is 1. The van der Waals surface area contributed by atoms with Crippen LogP contribution in [0.5, 0.6) is 0 Å². The minimum absolute atomic E-state index is 0.135. The maximum atomic E-state index is 12.2. The van der Waals surface area contributed by atoms with E-state index in [4.69, 9.17) is 12.2 Å². The lowest BCUT2D eigenvalue weighted by Crippen LogP contribution is -2.45. The number of thiocarbonyl (C=S) groups is 1. The lowest BCUT2D eigenvalue weighted by molar-refractivity contribution is -0.385. The molecule has 1 saturated heterocycles. The summed E-state index contributed by atoms with van der Waals surface area (Å²) in [6, 6.07) is 6.06. The van der Waals surface area contributed by atoms with E-state index in [1.807, 2.05) is 0 Å². The molecule has 1 fully saturated rings. The Morgan fingerprint density at radius 3 is 2.61 bits per heavy atom. The van der Waals surface area contributed by atoms with Crippen LogP contribution in [0.2, 0.25) is 0 Å². The molecule has 2 rings (SSSR count). The number of piperazine rings is 1. The molecule has 1 aliphatic heterocycles. The van der Waals surface area contributed by atoms with Gasteiger partial charge in [-0.25, -0.2) is 0 Å². The van der Waals surface area contributed by atoms with Gasteiger partial charge in [-0.05, 0) is 13.1 Å². The first kappa shape index (κ1) is 17.8. The third kappa shape index (κ3) is 4.98. The molecule has 1 aromatic rings. The van der Waals surface area contributed by atoms with Crippen LogP contribution in [0.4, 0.5) is 5.69 Å². The summed E-state index contributed by atoms with van der Waals surface area (Å²) < 4.78 is 0.800. The van der Waals surface area contributed by atoms with Gasteiger partial charge in [-0.2, -0.15) is 0 Å². The number of likely N-dealkylation sites (N-methyl/N-ethyl adjacent to an activating group) is 1. The highest BCUT2D eigenvalue weighted by Crippen LogP contribution is 2.21. The Labute approximate surface area is 145 Å². The lowest BCUT2D eigenvalue weighted by Gasteiger charge is -2.33. The van der Waals surface area contributed by atoms with Crippen LogP contribution >= 0.6 is 24.0 Å². The second kappa shape index (κ2) is 8.37. The second-order valence-electron chi connectivity index (χ2n) is 5.35. The summed E-state index contributed by atoms with van der Waals surface area (Å²) in [6.45, 7) is 3.77. The molecule has 0 aliphatic carbocycles. The molecule has 6 nitrogen and oxygen atoms in total. The Hall–Kier alpha value is -1.51. The largest absolute Gasteiger partial charge is 0.355 e. The fourth-order valence-corrected chi connectivity index (χ4v) is 3.57. The first-order valence-corrected chi connectivity index (χ1v) is 8.75. The number of thioether (sulfide) groups is 1. The van der Waals surface area contributed by atoms with E-state index >= 15 is 0 Å². The highest BCUT2D eigenvalue weighted by atomic mass is 32.2. The zero-order chi connectivity index (χ0) is 16.8. The van der Waals surface area contributed by atoms with Gasteiger partial charge in [-0.15, -0.1) is 0 Å². The molecule has 0 amide bonds. The molecule has 0 bridgehead atoms. The predicted octanol–water partition coefficient (Wildman–Crippen LogP) is 2.43. The van der Waals surface area contributed by atoms with Gasteiger partial charge < -0.3 is 9.80 Å². The minimum atomic E-state index is -0.519. The Kier molecular flexibility index (Phi) is 6.49. The summed E-state index contributed by atoms with van der Waals surface area (Å²) in [5.41, 5.74) is 0.0350. The quantitative estimate of drug-likeness (QED) is 0.348. The van der Waals surface area contributed by atoms with Gasteiger partial charge in [0.2, 0.25) is 0 Å². The predicted molar refractivity (Wildman–Crippen MR) is 96.2 cm³/mol. The summed E-state index contributed by atoms with van der Waals surface area (Å²) in [7, 11) is 2.08.